The molecule has 1 aliphatic rings. The lowest BCUT2D eigenvalue weighted by Gasteiger charge is -2.17. The number of amides is 1. The first kappa shape index (κ1) is 14.0. The quantitative estimate of drug-likeness (QED) is 0.836. The third kappa shape index (κ3) is 2.76. The second kappa shape index (κ2) is 5.66. The van der Waals surface area contributed by atoms with Crippen LogP contribution in [0.1, 0.15) is 16.8 Å². The van der Waals surface area contributed by atoms with Crippen molar-refractivity contribution in [3.8, 4) is 0 Å². The SMILES string of the molecule is COC(=O)c1cnc(N2CC(CO)CC2=O)c(Br)c1. The van der Waals surface area contributed by atoms with Crippen LogP contribution >= 0.6 is 15.9 Å². The van der Waals surface area contributed by atoms with Crippen LogP contribution in [-0.4, -0.2) is 42.2 Å². The third-order valence-electron chi connectivity index (χ3n) is 2.96. The van der Waals surface area contributed by atoms with Crippen LogP contribution in [0.3, 0.4) is 0 Å². The van der Waals surface area contributed by atoms with Crippen LogP contribution in [0.25, 0.3) is 0 Å². The highest BCUT2D eigenvalue weighted by Crippen LogP contribution is 2.30. The van der Waals surface area contributed by atoms with Gasteiger partial charge in [0.25, 0.3) is 0 Å². The van der Waals surface area contributed by atoms with Gasteiger partial charge < -0.3 is 9.84 Å². The molecule has 1 aliphatic heterocycles. The highest BCUT2D eigenvalue weighted by molar-refractivity contribution is 9.10. The number of methoxy groups -OCH3 is 1. The van der Waals surface area contributed by atoms with E-state index in [-0.39, 0.29) is 18.4 Å². The van der Waals surface area contributed by atoms with Gasteiger partial charge in [-0.2, -0.15) is 0 Å². The van der Waals surface area contributed by atoms with Crippen LogP contribution in [-0.2, 0) is 9.53 Å². The number of aliphatic hydroxyl groups is 1. The molecule has 7 heteroatoms. The zero-order chi connectivity index (χ0) is 14.0. The van der Waals surface area contributed by atoms with Gasteiger partial charge in [-0.25, -0.2) is 9.78 Å². The van der Waals surface area contributed by atoms with Crippen molar-refractivity contribution in [1.82, 2.24) is 4.98 Å². The predicted octanol–water partition coefficient (Wildman–Crippen LogP) is 0.976. The molecule has 0 aromatic carbocycles. The number of carbonyl (C=O) groups excluding carboxylic acids is 2. The van der Waals surface area contributed by atoms with E-state index in [4.69, 9.17) is 5.11 Å². The van der Waals surface area contributed by atoms with E-state index >= 15 is 0 Å². The number of anilines is 1. The van der Waals surface area contributed by atoms with Gasteiger partial charge >= 0.3 is 5.97 Å². The molecule has 0 spiro atoms. The number of aromatic nitrogens is 1. The fourth-order valence-corrected chi connectivity index (χ4v) is 2.53. The molecule has 1 amide bonds. The molecule has 0 bridgehead atoms. The average molecular weight is 329 g/mol. The second-order valence-electron chi connectivity index (χ2n) is 4.28. The van der Waals surface area contributed by atoms with Crippen molar-refractivity contribution in [2.75, 3.05) is 25.2 Å². The van der Waals surface area contributed by atoms with Gasteiger partial charge in [-0.3, -0.25) is 9.69 Å². The Morgan fingerprint density at radius 1 is 1.68 bits per heavy atom. The minimum absolute atomic E-state index is 0.0277. The Morgan fingerprint density at radius 2 is 2.42 bits per heavy atom. The molecule has 1 atom stereocenters. The normalized spacial score (nSPS) is 18.8. The minimum atomic E-state index is -0.485. The number of ether oxygens (including phenoxy) is 1. The Kier molecular flexibility index (Phi) is 4.16. The highest BCUT2D eigenvalue weighted by Gasteiger charge is 2.32. The molecule has 2 heterocycles. The molecule has 1 saturated heterocycles. The molecule has 19 heavy (non-hydrogen) atoms. The molecule has 0 radical (unpaired) electrons. The van der Waals surface area contributed by atoms with Gasteiger partial charge in [-0.05, 0) is 22.0 Å². The van der Waals surface area contributed by atoms with E-state index < -0.39 is 5.97 Å². The summed E-state index contributed by atoms with van der Waals surface area (Å²) in [6.07, 6.45) is 1.68. The Hall–Kier alpha value is -1.47. The first-order valence-electron chi connectivity index (χ1n) is 5.72. The van der Waals surface area contributed by atoms with Gasteiger partial charge in [0.2, 0.25) is 5.91 Å². The van der Waals surface area contributed by atoms with Crippen LogP contribution in [0.5, 0.6) is 0 Å². The van der Waals surface area contributed by atoms with Crippen molar-refractivity contribution in [3.63, 3.8) is 0 Å². The van der Waals surface area contributed by atoms with Crippen molar-refractivity contribution in [1.29, 1.82) is 0 Å². The molecule has 1 aromatic heterocycles. The minimum Gasteiger partial charge on any atom is -0.465 e. The molecule has 102 valence electrons. The van der Waals surface area contributed by atoms with Gasteiger partial charge in [-0.15, -0.1) is 0 Å². The van der Waals surface area contributed by atoms with Gasteiger partial charge in [0.1, 0.15) is 5.82 Å². The summed E-state index contributed by atoms with van der Waals surface area (Å²) in [6, 6.07) is 1.56. The smallest absolute Gasteiger partial charge is 0.339 e. The molecule has 1 unspecified atom stereocenters. The van der Waals surface area contributed by atoms with E-state index in [0.29, 0.717) is 28.8 Å². The third-order valence-corrected chi connectivity index (χ3v) is 3.55. The van der Waals surface area contributed by atoms with Crippen LogP contribution in [0.15, 0.2) is 16.7 Å². The number of nitrogens with zero attached hydrogens (tertiary/aromatic N) is 2. The summed E-state index contributed by atoms with van der Waals surface area (Å²) in [4.78, 5) is 28.8. The highest BCUT2D eigenvalue weighted by atomic mass is 79.9. The standard InChI is InChI=1S/C12H13BrN2O4/c1-19-12(18)8-3-9(13)11(14-4-8)15-5-7(6-16)2-10(15)17/h3-4,7,16H,2,5-6H2,1H3. The maximum absolute atomic E-state index is 11.8. The van der Waals surface area contributed by atoms with E-state index in [0.717, 1.165) is 0 Å². The zero-order valence-electron chi connectivity index (χ0n) is 10.3. The van der Waals surface area contributed by atoms with Crippen LogP contribution in [0.4, 0.5) is 5.82 Å². The first-order chi connectivity index (χ1) is 9.06. The summed E-state index contributed by atoms with van der Waals surface area (Å²) in [5, 5.41) is 9.09. The van der Waals surface area contributed by atoms with Gasteiger partial charge in [0, 0.05) is 31.7 Å². The van der Waals surface area contributed by atoms with Crippen molar-refractivity contribution in [2.45, 2.75) is 6.42 Å². The molecule has 2 rings (SSSR count). The molecule has 6 nitrogen and oxygen atoms in total. The molecule has 1 fully saturated rings. The molecule has 0 aliphatic carbocycles. The van der Waals surface area contributed by atoms with E-state index in [9.17, 15) is 9.59 Å². The number of esters is 1. The number of halogens is 1. The monoisotopic (exact) mass is 328 g/mol. The lowest BCUT2D eigenvalue weighted by Crippen LogP contribution is -2.26. The average Bonchev–Trinajstić information content (AvgIpc) is 2.79. The number of rotatable bonds is 3. The summed E-state index contributed by atoms with van der Waals surface area (Å²) < 4.78 is 5.14. The summed E-state index contributed by atoms with van der Waals surface area (Å²) in [5.74, 6) is -0.186. The van der Waals surface area contributed by atoms with Gasteiger partial charge in [0.15, 0.2) is 0 Å². The molecular weight excluding hydrogens is 316 g/mol. The lowest BCUT2D eigenvalue weighted by atomic mass is 10.1. The first-order valence-corrected chi connectivity index (χ1v) is 6.51. The summed E-state index contributed by atoms with van der Waals surface area (Å²) in [6.45, 7) is 0.401. The summed E-state index contributed by atoms with van der Waals surface area (Å²) in [5.41, 5.74) is 0.309. The number of pyridine rings is 1. The van der Waals surface area contributed by atoms with Crippen molar-refractivity contribution < 1.29 is 19.4 Å². The number of hydrogen-bond donors (Lipinski definition) is 1. The Bertz CT molecular complexity index is 520. The maximum Gasteiger partial charge on any atom is 0.339 e. The predicted molar refractivity (Wildman–Crippen MR) is 70.8 cm³/mol. The number of aliphatic hydroxyl groups excluding tert-OH is 1. The van der Waals surface area contributed by atoms with Gasteiger partial charge in [-0.1, -0.05) is 0 Å². The number of carbonyl (C=O) groups is 2. The van der Waals surface area contributed by atoms with E-state index in [1.165, 1.54) is 18.2 Å². The molecule has 0 saturated carbocycles. The maximum atomic E-state index is 11.8. The Labute approximate surface area is 118 Å². The van der Waals surface area contributed by atoms with Gasteiger partial charge in [0.05, 0.1) is 17.1 Å². The fraction of sp³-hybridized carbons (Fsp3) is 0.417. The van der Waals surface area contributed by atoms with E-state index in [1.54, 1.807) is 6.07 Å². The topological polar surface area (TPSA) is 79.7 Å². The molecule has 1 aromatic rings. The summed E-state index contributed by atoms with van der Waals surface area (Å²) >= 11 is 3.30. The second-order valence-corrected chi connectivity index (χ2v) is 5.13. The Balaban J connectivity index is 2.27. The molecule has 1 N–H and O–H groups in total. The lowest BCUT2D eigenvalue weighted by molar-refractivity contribution is -0.117. The van der Waals surface area contributed by atoms with E-state index in [2.05, 4.69) is 25.7 Å². The van der Waals surface area contributed by atoms with E-state index in [1.807, 2.05) is 0 Å². The zero-order valence-corrected chi connectivity index (χ0v) is 11.9. The fourth-order valence-electron chi connectivity index (χ4n) is 1.97. The summed E-state index contributed by atoms with van der Waals surface area (Å²) in [7, 11) is 1.29. The number of hydrogen-bond acceptors (Lipinski definition) is 5. The Morgan fingerprint density at radius 3 is 2.95 bits per heavy atom. The van der Waals surface area contributed by atoms with Crippen molar-refractivity contribution in [3.05, 3.63) is 22.3 Å². The molecular formula is C12H13BrN2O4. The van der Waals surface area contributed by atoms with Crippen LogP contribution in [0, 0.1) is 5.92 Å². The van der Waals surface area contributed by atoms with Crippen molar-refractivity contribution >= 4 is 33.6 Å². The van der Waals surface area contributed by atoms with Crippen LogP contribution < -0.4 is 4.90 Å². The van der Waals surface area contributed by atoms with Crippen LogP contribution in [0.2, 0.25) is 0 Å². The largest absolute Gasteiger partial charge is 0.465 e. The van der Waals surface area contributed by atoms with Crippen molar-refractivity contribution in [2.24, 2.45) is 5.92 Å².